The molecule has 0 aliphatic heterocycles. The minimum atomic E-state index is 0.225. The number of ether oxygens (including phenoxy) is 1. The maximum Gasteiger partial charge on any atom is 0.119 e. The first kappa shape index (κ1) is 15.5. The van der Waals surface area contributed by atoms with Crippen molar-refractivity contribution in [1.29, 1.82) is 0 Å². The zero-order valence-corrected chi connectivity index (χ0v) is 14.2. The Morgan fingerprint density at radius 3 is 2.48 bits per heavy atom. The van der Waals surface area contributed by atoms with Crippen molar-refractivity contribution in [3.05, 3.63) is 65.7 Å². The number of aromatic nitrogens is 1. The fourth-order valence-electron chi connectivity index (χ4n) is 2.85. The summed E-state index contributed by atoms with van der Waals surface area (Å²) in [6.45, 7) is 0. The molecule has 4 aromatic rings. The smallest absolute Gasteiger partial charge is 0.119 e. The van der Waals surface area contributed by atoms with Gasteiger partial charge in [0.1, 0.15) is 11.5 Å². The Morgan fingerprint density at radius 1 is 0.920 bits per heavy atom. The zero-order chi connectivity index (χ0) is 17.4. The first-order valence-electron chi connectivity index (χ1n) is 7.77. The topological polar surface area (TPSA) is 54.4 Å². The van der Waals surface area contributed by atoms with Crippen LogP contribution < -0.4 is 10.1 Å². The van der Waals surface area contributed by atoms with Crippen LogP contribution in [0.2, 0.25) is 5.02 Å². The summed E-state index contributed by atoms with van der Waals surface area (Å²) in [5, 5.41) is 15.5. The molecule has 0 saturated heterocycles. The van der Waals surface area contributed by atoms with Gasteiger partial charge in [-0.25, -0.2) is 4.98 Å². The van der Waals surface area contributed by atoms with E-state index in [1.807, 2.05) is 48.5 Å². The minimum Gasteiger partial charge on any atom is -0.508 e. The summed E-state index contributed by atoms with van der Waals surface area (Å²) in [6, 6.07) is 18.4. The highest BCUT2D eigenvalue weighted by Gasteiger charge is 2.11. The van der Waals surface area contributed by atoms with E-state index in [9.17, 15) is 5.11 Å². The number of pyridine rings is 1. The van der Waals surface area contributed by atoms with Crippen LogP contribution in [0.3, 0.4) is 0 Å². The number of halogens is 1. The third-order valence-electron chi connectivity index (χ3n) is 4.08. The van der Waals surface area contributed by atoms with Crippen LogP contribution in [0.25, 0.3) is 21.8 Å². The molecule has 0 unspecified atom stereocenters. The van der Waals surface area contributed by atoms with Crippen LogP contribution in [0, 0.1) is 0 Å². The van der Waals surface area contributed by atoms with Crippen molar-refractivity contribution < 1.29 is 9.84 Å². The fraction of sp³-hybridized carbons (Fsp3) is 0.0500. The lowest BCUT2D eigenvalue weighted by atomic mass is 10.1. The van der Waals surface area contributed by atoms with Gasteiger partial charge in [-0.15, -0.1) is 0 Å². The Kier molecular flexibility index (Phi) is 3.82. The highest BCUT2D eigenvalue weighted by Crippen LogP contribution is 2.36. The largest absolute Gasteiger partial charge is 0.508 e. The van der Waals surface area contributed by atoms with Crippen LogP contribution in [-0.2, 0) is 0 Å². The summed E-state index contributed by atoms with van der Waals surface area (Å²) in [6.07, 6.45) is 0. The number of anilines is 2. The molecule has 0 spiro atoms. The van der Waals surface area contributed by atoms with Gasteiger partial charge in [-0.2, -0.15) is 0 Å². The fourth-order valence-corrected chi connectivity index (χ4v) is 3.01. The maximum absolute atomic E-state index is 9.50. The van der Waals surface area contributed by atoms with Crippen LogP contribution in [0.4, 0.5) is 11.4 Å². The lowest BCUT2D eigenvalue weighted by molar-refractivity contribution is 0.415. The van der Waals surface area contributed by atoms with Gasteiger partial charge in [0.15, 0.2) is 0 Å². The molecule has 0 aliphatic rings. The molecule has 4 rings (SSSR count). The van der Waals surface area contributed by atoms with E-state index in [-0.39, 0.29) is 5.75 Å². The molecule has 1 aromatic heterocycles. The van der Waals surface area contributed by atoms with E-state index in [1.165, 1.54) is 0 Å². The Balaban J connectivity index is 1.99. The molecule has 3 aromatic carbocycles. The van der Waals surface area contributed by atoms with E-state index in [0.29, 0.717) is 5.02 Å². The molecule has 0 saturated carbocycles. The van der Waals surface area contributed by atoms with Crippen LogP contribution >= 0.6 is 11.6 Å². The van der Waals surface area contributed by atoms with E-state index in [2.05, 4.69) is 5.32 Å². The van der Waals surface area contributed by atoms with Crippen LogP contribution in [0.15, 0.2) is 60.7 Å². The third-order valence-corrected chi connectivity index (χ3v) is 4.31. The summed E-state index contributed by atoms with van der Waals surface area (Å²) < 4.78 is 5.36. The molecule has 0 aliphatic carbocycles. The van der Waals surface area contributed by atoms with Crippen molar-refractivity contribution >= 4 is 44.8 Å². The van der Waals surface area contributed by atoms with Crippen molar-refractivity contribution in [3.8, 4) is 11.5 Å². The number of nitrogens with one attached hydrogen (secondary N) is 1. The Labute approximate surface area is 149 Å². The number of fused-ring (bicyclic) bond motifs is 2. The Bertz CT molecular complexity index is 1080. The predicted octanol–water partition coefficient (Wildman–Crippen LogP) is 5.50. The second kappa shape index (κ2) is 6.15. The summed E-state index contributed by atoms with van der Waals surface area (Å²) in [7, 11) is 1.64. The highest BCUT2D eigenvalue weighted by atomic mass is 35.5. The molecule has 124 valence electrons. The molecular weight excluding hydrogens is 336 g/mol. The summed E-state index contributed by atoms with van der Waals surface area (Å²) in [4.78, 5) is 4.71. The first-order valence-corrected chi connectivity index (χ1v) is 8.15. The van der Waals surface area contributed by atoms with Crippen molar-refractivity contribution in [2.45, 2.75) is 0 Å². The number of methoxy groups -OCH3 is 1. The van der Waals surface area contributed by atoms with Gasteiger partial charge in [-0.3, -0.25) is 0 Å². The van der Waals surface area contributed by atoms with Crippen molar-refractivity contribution in [2.24, 2.45) is 0 Å². The normalized spacial score (nSPS) is 11.0. The maximum atomic E-state index is 9.50. The average molecular weight is 351 g/mol. The van der Waals surface area contributed by atoms with Crippen molar-refractivity contribution in [3.63, 3.8) is 0 Å². The molecule has 2 N–H and O–H groups in total. The Hall–Kier alpha value is -2.98. The van der Waals surface area contributed by atoms with Gasteiger partial charge in [-0.1, -0.05) is 11.6 Å². The van der Waals surface area contributed by atoms with E-state index in [4.69, 9.17) is 21.3 Å². The predicted molar refractivity (Wildman–Crippen MR) is 102 cm³/mol. The molecule has 0 amide bonds. The van der Waals surface area contributed by atoms with Gasteiger partial charge in [-0.05, 0) is 60.7 Å². The number of hydrogen-bond acceptors (Lipinski definition) is 4. The molecule has 4 nitrogen and oxygen atoms in total. The second-order valence-corrected chi connectivity index (χ2v) is 6.14. The van der Waals surface area contributed by atoms with Gasteiger partial charge in [0.2, 0.25) is 0 Å². The highest BCUT2D eigenvalue weighted by molar-refractivity contribution is 6.31. The van der Waals surface area contributed by atoms with E-state index in [1.54, 1.807) is 19.2 Å². The molecule has 25 heavy (non-hydrogen) atoms. The molecule has 0 atom stereocenters. The second-order valence-electron chi connectivity index (χ2n) is 5.70. The molecule has 5 heteroatoms. The molecular formula is C20H15ClN2O2. The van der Waals surface area contributed by atoms with Gasteiger partial charge < -0.3 is 15.2 Å². The van der Waals surface area contributed by atoms with Crippen LogP contribution in [0.5, 0.6) is 11.5 Å². The average Bonchev–Trinajstić information content (AvgIpc) is 2.62. The lowest BCUT2D eigenvalue weighted by Crippen LogP contribution is -1.96. The van der Waals surface area contributed by atoms with E-state index >= 15 is 0 Å². The van der Waals surface area contributed by atoms with Crippen LogP contribution in [-0.4, -0.2) is 17.2 Å². The van der Waals surface area contributed by atoms with Gasteiger partial charge in [0.25, 0.3) is 0 Å². The molecule has 1 heterocycles. The minimum absolute atomic E-state index is 0.225. The number of rotatable bonds is 3. The number of phenols is 1. The van der Waals surface area contributed by atoms with Gasteiger partial charge in [0.05, 0.1) is 23.8 Å². The number of hydrogen-bond donors (Lipinski definition) is 2. The van der Waals surface area contributed by atoms with E-state index < -0.39 is 0 Å². The third kappa shape index (κ3) is 2.92. The summed E-state index contributed by atoms with van der Waals surface area (Å²) >= 11 is 6.14. The number of phenolic OH excluding ortho intramolecular Hbond substituents is 1. The number of nitrogens with zero attached hydrogens (tertiary/aromatic N) is 1. The quantitative estimate of drug-likeness (QED) is 0.378. The summed E-state index contributed by atoms with van der Waals surface area (Å²) in [5.74, 6) is 0.986. The van der Waals surface area contributed by atoms with Crippen molar-refractivity contribution in [2.75, 3.05) is 12.4 Å². The lowest BCUT2D eigenvalue weighted by Gasteiger charge is -2.14. The number of benzene rings is 3. The summed E-state index contributed by atoms with van der Waals surface area (Å²) in [5.41, 5.74) is 3.44. The van der Waals surface area contributed by atoms with Crippen LogP contribution in [0.1, 0.15) is 0 Å². The van der Waals surface area contributed by atoms with Gasteiger partial charge >= 0.3 is 0 Å². The van der Waals surface area contributed by atoms with Crippen molar-refractivity contribution in [1.82, 2.24) is 4.98 Å². The van der Waals surface area contributed by atoms with E-state index in [0.717, 1.165) is 38.9 Å². The molecule has 0 fully saturated rings. The molecule has 0 radical (unpaired) electrons. The standard InChI is InChI=1S/C20H15ClN2O2/c1-25-15-7-9-18-17(11-15)20(22-13-3-5-14(24)6-4-13)16-8-2-12(21)10-19(16)23-18/h2-11,24H,1H3,(H,22,23). The Morgan fingerprint density at radius 2 is 1.72 bits per heavy atom. The number of aromatic hydroxyl groups is 1. The first-order chi connectivity index (χ1) is 12.1. The monoisotopic (exact) mass is 350 g/mol. The molecule has 0 bridgehead atoms. The van der Waals surface area contributed by atoms with Gasteiger partial charge in [0, 0.05) is 21.5 Å². The SMILES string of the molecule is COc1ccc2nc3cc(Cl)ccc3c(Nc3ccc(O)cc3)c2c1. The zero-order valence-electron chi connectivity index (χ0n) is 13.5.